The molecule has 0 saturated carbocycles. The summed E-state index contributed by atoms with van der Waals surface area (Å²) < 4.78 is 0. The minimum atomic E-state index is -0.816. The molecule has 1 aromatic carbocycles. The van der Waals surface area contributed by atoms with Gasteiger partial charge in [-0.2, -0.15) is 0 Å². The SMILES string of the molecule is Cc1ccc(C(=O)N2CCN(C(C)C(=O)O)CC2)c(C)c1. The van der Waals surface area contributed by atoms with Crippen molar-refractivity contribution in [3.05, 3.63) is 34.9 Å². The molecule has 21 heavy (non-hydrogen) atoms. The van der Waals surface area contributed by atoms with E-state index in [2.05, 4.69) is 0 Å². The third-order valence-corrected chi connectivity index (χ3v) is 4.12. The Morgan fingerprint density at radius 2 is 1.76 bits per heavy atom. The van der Waals surface area contributed by atoms with Crippen molar-refractivity contribution in [1.82, 2.24) is 9.80 Å². The lowest BCUT2D eigenvalue weighted by molar-refractivity contribution is -0.143. The zero-order chi connectivity index (χ0) is 15.6. The number of piperazine rings is 1. The molecular weight excluding hydrogens is 268 g/mol. The predicted molar refractivity (Wildman–Crippen MR) is 80.5 cm³/mol. The Balaban J connectivity index is 2.02. The topological polar surface area (TPSA) is 60.9 Å². The number of nitrogens with zero attached hydrogens (tertiary/aromatic N) is 2. The highest BCUT2D eigenvalue weighted by Gasteiger charge is 2.27. The summed E-state index contributed by atoms with van der Waals surface area (Å²) in [7, 11) is 0. The van der Waals surface area contributed by atoms with Crippen molar-refractivity contribution in [2.45, 2.75) is 26.8 Å². The maximum atomic E-state index is 12.5. The number of benzene rings is 1. The fraction of sp³-hybridized carbons (Fsp3) is 0.500. The van der Waals surface area contributed by atoms with Crippen LogP contribution >= 0.6 is 0 Å². The fourth-order valence-electron chi connectivity index (χ4n) is 2.69. The summed E-state index contributed by atoms with van der Waals surface area (Å²) in [6, 6.07) is 5.33. The Morgan fingerprint density at radius 3 is 2.29 bits per heavy atom. The molecule has 1 fully saturated rings. The molecule has 0 spiro atoms. The number of hydrogen-bond donors (Lipinski definition) is 1. The Hall–Kier alpha value is -1.88. The molecule has 2 rings (SSSR count). The molecule has 1 aromatic rings. The van der Waals surface area contributed by atoms with Crippen LogP contribution in [-0.2, 0) is 4.79 Å². The maximum Gasteiger partial charge on any atom is 0.320 e. The van der Waals surface area contributed by atoms with Crippen molar-refractivity contribution in [3.8, 4) is 0 Å². The highest BCUT2D eigenvalue weighted by atomic mass is 16.4. The van der Waals surface area contributed by atoms with Crippen molar-refractivity contribution in [2.75, 3.05) is 26.2 Å². The van der Waals surface area contributed by atoms with E-state index in [-0.39, 0.29) is 5.91 Å². The van der Waals surface area contributed by atoms with Crippen molar-refractivity contribution in [3.63, 3.8) is 0 Å². The smallest absolute Gasteiger partial charge is 0.320 e. The molecule has 1 atom stereocenters. The van der Waals surface area contributed by atoms with Crippen LogP contribution in [-0.4, -0.2) is 59.0 Å². The second-order valence-corrected chi connectivity index (χ2v) is 5.66. The van der Waals surface area contributed by atoms with Crippen molar-refractivity contribution in [2.24, 2.45) is 0 Å². The van der Waals surface area contributed by atoms with E-state index in [1.54, 1.807) is 6.92 Å². The number of aryl methyl sites for hydroxylation is 2. The van der Waals surface area contributed by atoms with E-state index in [4.69, 9.17) is 5.11 Å². The van der Waals surface area contributed by atoms with Crippen LogP contribution in [0.25, 0.3) is 0 Å². The van der Waals surface area contributed by atoms with Gasteiger partial charge in [0.1, 0.15) is 6.04 Å². The van der Waals surface area contributed by atoms with E-state index in [1.165, 1.54) is 0 Å². The van der Waals surface area contributed by atoms with Crippen LogP contribution in [0.4, 0.5) is 0 Å². The highest BCUT2D eigenvalue weighted by Crippen LogP contribution is 2.15. The molecule has 5 nitrogen and oxygen atoms in total. The van der Waals surface area contributed by atoms with Crippen LogP contribution < -0.4 is 0 Å². The van der Waals surface area contributed by atoms with Crippen LogP contribution in [0.15, 0.2) is 18.2 Å². The van der Waals surface area contributed by atoms with Gasteiger partial charge >= 0.3 is 5.97 Å². The zero-order valence-corrected chi connectivity index (χ0v) is 12.8. The Labute approximate surface area is 125 Å². The van der Waals surface area contributed by atoms with Crippen LogP contribution in [0.2, 0.25) is 0 Å². The average Bonchev–Trinajstić information content (AvgIpc) is 2.46. The molecule has 1 aliphatic heterocycles. The summed E-state index contributed by atoms with van der Waals surface area (Å²) in [5, 5.41) is 9.03. The van der Waals surface area contributed by atoms with Gasteiger partial charge in [0.25, 0.3) is 5.91 Å². The summed E-state index contributed by atoms with van der Waals surface area (Å²) in [6.07, 6.45) is 0. The number of amides is 1. The molecule has 1 aliphatic rings. The molecule has 0 radical (unpaired) electrons. The highest BCUT2D eigenvalue weighted by molar-refractivity contribution is 5.95. The number of carbonyl (C=O) groups excluding carboxylic acids is 1. The third-order valence-electron chi connectivity index (χ3n) is 4.12. The molecular formula is C16H22N2O3. The Morgan fingerprint density at radius 1 is 1.14 bits per heavy atom. The van der Waals surface area contributed by atoms with E-state index in [0.29, 0.717) is 26.2 Å². The Kier molecular flexibility index (Phi) is 4.63. The van der Waals surface area contributed by atoms with Gasteiger partial charge in [-0.15, -0.1) is 0 Å². The molecule has 1 amide bonds. The van der Waals surface area contributed by atoms with E-state index in [1.807, 2.05) is 41.8 Å². The Bertz CT molecular complexity index is 548. The van der Waals surface area contributed by atoms with E-state index in [0.717, 1.165) is 16.7 Å². The first kappa shape index (κ1) is 15.5. The van der Waals surface area contributed by atoms with Gasteiger partial charge in [-0.3, -0.25) is 14.5 Å². The number of carbonyl (C=O) groups is 2. The first-order valence-electron chi connectivity index (χ1n) is 7.23. The average molecular weight is 290 g/mol. The van der Waals surface area contributed by atoms with Gasteiger partial charge in [-0.1, -0.05) is 17.7 Å². The second-order valence-electron chi connectivity index (χ2n) is 5.66. The van der Waals surface area contributed by atoms with Gasteiger partial charge < -0.3 is 10.0 Å². The van der Waals surface area contributed by atoms with Crippen LogP contribution in [0.1, 0.15) is 28.4 Å². The van der Waals surface area contributed by atoms with Crippen LogP contribution in [0, 0.1) is 13.8 Å². The summed E-state index contributed by atoms with van der Waals surface area (Å²) in [4.78, 5) is 27.2. The standard InChI is InChI=1S/C16H22N2O3/c1-11-4-5-14(12(2)10-11)15(19)18-8-6-17(7-9-18)13(3)16(20)21/h4-5,10,13H,6-9H2,1-3H3,(H,20,21). The van der Waals surface area contributed by atoms with E-state index in [9.17, 15) is 9.59 Å². The molecule has 5 heteroatoms. The fourth-order valence-corrected chi connectivity index (χ4v) is 2.69. The molecule has 1 saturated heterocycles. The molecule has 0 bridgehead atoms. The third kappa shape index (κ3) is 3.42. The monoisotopic (exact) mass is 290 g/mol. The van der Waals surface area contributed by atoms with Gasteiger partial charge in [-0.25, -0.2) is 0 Å². The van der Waals surface area contributed by atoms with Crippen LogP contribution in [0.5, 0.6) is 0 Å². The molecule has 0 aromatic heterocycles. The minimum Gasteiger partial charge on any atom is -0.480 e. The normalized spacial score (nSPS) is 17.6. The van der Waals surface area contributed by atoms with Gasteiger partial charge in [-0.05, 0) is 32.4 Å². The van der Waals surface area contributed by atoms with Crippen molar-refractivity contribution < 1.29 is 14.7 Å². The second kappa shape index (κ2) is 6.26. The van der Waals surface area contributed by atoms with Crippen molar-refractivity contribution in [1.29, 1.82) is 0 Å². The van der Waals surface area contributed by atoms with E-state index < -0.39 is 12.0 Å². The van der Waals surface area contributed by atoms with Crippen molar-refractivity contribution >= 4 is 11.9 Å². The summed E-state index contributed by atoms with van der Waals surface area (Å²) in [5.41, 5.74) is 2.87. The molecule has 1 N–H and O–H groups in total. The summed E-state index contributed by atoms with van der Waals surface area (Å²) in [6.45, 7) is 7.99. The quantitative estimate of drug-likeness (QED) is 0.917. The molecule has 1 unspecified atom stereocenters. The summed E-state index contributed by atoms with van der Waals surface area (Å²) in [5.74, 6) is -0.778. The van der Waals surface area contributed by atoms with Gasteiger partial charge in [0.15, 0.2) is 0 Å². The minimum absolute atomic E-state index is 0.0372. The number of carboxylic acids is 1. The van der Waals surface area contributed by atoms with E-state index >= 15 is 0 Å². The predicted octanol–water partition coefficient (Wildman–Crippen LogP) is 1.53. The largest absolute Gasteiger partial charge is 0.480 e. The van der Waals surface area contributed by atoms with Crippen LogP contribution in [0.3, 0.4) is 0 Å². The first-order chi connectivity index (χ1) is 9.90. The molecule has 114 valence electrons. The zero-order valence-electron chi connectivity index (χ0n) is 12.8. The number of aliphatic carboxylic acids is 1. The number of hydrogen-bond acceptors (Lipinski definition) is 3. The first-order valence-corrected chi connectivity index (χ1v) is 7.23. The lowest BCUT2D eigenvalue weighted by Crippen LogP contribution is -2.53. The molecule has 1 heterocycles. The molecule has 0 aliphatic carbocycles. The maximum absolute atomic E-state index is 12.5. The summed E-state index contributed by atoms with van der Waals surface area (Å²) >= 11 is 0. The van der Waals surface area contributed by atoms with Gasteiger partial charge in [0.2, 0.25) is 0 Å². The van der Waals surface area contributed by atoms with Gasteiger partial charge in [0, 0.05) is 31.7 Å². The lowest BCUT2D eigenvalue weighted by atomic mass is 10.0. The van der Waals surface area contributed by atoms with Gasteiger partial charge in [0.05, 0.1) is 0 Å². The lowest BCUT2D eigenvalue weighted by Gasteiger charge is -2.36. The number of rotatable bonds is 3. The number of carboxylic acid groups (broad SMARTS) is 1.